The minimum absolute atomic E-state index is 0.0341. The van der Waals surface area contributed by atoms with E-state index in [9.17, 15) is 18.7 Å². The van der Waals surface area contributed by atoms with Crippen molar-refractivity contribution < 1.29 is 32.9 Å². The van der Waals surface area contributed by atoms with Gasteiger partial charge in [0.15, 0.2) is 11.5 Å². The van der Waals surface area contributed by atoms with Crippen molar-refractivity contribution in [3.8, 4) is 17.2 Å². The van der Waals surface area contributed by atoms with Crippen LogP contribution in [0.1, 0.15) is 25.3 Å². The van der Waals surface area contributed by atoms with Crippen molar-refractivity contribution in [3.63, 3.8) is 0 Å². The molecule has 0 bridgehead atoms. The van der Waals surface area contributed by atoms with Gasteiger partial charge in [-0.05, 0) is 31.0 Å². The van der Waals surface area contributed by atoms with Crippen LogP contribution >= 0.6 is 0 Å². The molecule has 0 unspecified atom stereocenters. The fourth-order valence-corrected chi connectivity index (χ4v) is 1.75. The Balaban J connectivity index is 2.55. The number of carbonyl (C=O) groups is 1. The van der Waals surface area contributed by atoms with Crippen molar-refractivity contribution in [1.29, 1.82) is 0 Å². The van der Waals surface area contributed by atoms with Crippen LogP contribution in [-0.4, -0.2) is 37.8 Å². The van der Waals surface area contributed by atoms with Crippen LogP contribution in [0.3, 0.4) is 0 Å². The van der Waals surface area contributed by atoms with Crippen molar-refractivity contribution >= 4 is 5.97 Å². The van der Waals surface area contributed by atoms with Crippen LogP contribution in [0.5, 0.6) is 17.2 Å². The summed E-state index contributed by atoms with van der Waals surface area (Å²) in [4.78, 5) is 11.5. The molecule has 0 saturated carbocycles. The van der Waals surface area contributed by atoms with Crippen LogP contribution in [0, 0.1) is 0 Å². The highest BCUT2D eigenvalue weighted by atomic mass is 19.3. The van der Waals surface area contributed by atoms with Crippen molar-refractivity contribution in [2.24, 2.45) is 0 Å². The minimum Gasteiger partial charge on any atom is -0.502 e. The van der Waals surface area contributed by atoms with Crippen molar-refractivity contribution in [3.05, 3.63) is 17.7 Å². The molecule has 0 aliphatic carbocycles. The van der Waals surface area contributed by atoms with E-state index < -0.39 is 18.3 Å². The molecule has 0 atom stereocenters. The summed E-state index contributed by atoms with van der Waals surface area (Å²) >= 11 is 0. The lowest BCUT2D eigenvalue weighted by Gasteiger charge is -2.12. The highest BCUT2D eigenvalue weighted by molar-refractivity contribution is 5.69. The summed E-state index contributed by atoms with van der Waals surface area (Å²) in [5, 5.41) is 9.77. The Morgan fingerprint density at radius 3 is 2.23 bits per heavy atom. The predicted octanol–water partition coefficient (Wildman–Crippen LogP) is 2.93. The fraction of sp³-hybridized carbons (Fsp3) is 0.533. The molecule has 0 saturated heterocycles. The van der Waals surface area contributed by atoms with Gasteiger partial charge < -0.3 is 19.3 Å². The molecule has 0 aliphatic heterocycles. The van der Waals surface area contributed by atoms with Gasteiger partial charge in [0.05, 0.1) is 20.8 Å². The molecule has 0 spiro atoms. The molecule has 0 radical (unpaired) electrons. The molecule has 0 aromatic heterocycles. The highest BCUT2D eigenvalue weighted by Crippen LogP contribution is 2.37. The van der Waals surface area contributed by atoms with E-state index in [0.29, 0.717) is 12.0 Å². The van der Waals surface area contributed by atoms with E-state index >= 15 is 0 Å². The molecule has 5 nitrogen and oxygen atoms in total. The Kier molecular flexibility index (Phi) is 6.39. The second-order valence-corrected chi connectivity index (χ2v) is 4.89. The third-order valence-corrected chi connectivity index (χ3v) is 2.96. The zero-order valence-corrected chi connectivity index (χ0v) is 12.8. The number of phenols is 1. The molecule has 22 heavy (non-hydrogen) atoms. The van der Waals surface area contributed by atoms with Crippen LogP contribution in [0.2, 0.25) is 0 Å². The Hall–Kier alpha value is -2.05. The molecule has 0 amide bonds. The number of methoxy groups -OCH3 is 2. The van der Waals surface area contributed by atoms with Crippen LogP contribution in [0.25, 0.3) is 0 Å². The number of rotatable bonds is 8. The maximum atomic E-state index is 12.6. The summed E-state index contributed by atoms with van der Waals surface area (Å²) < 4.78 is 39.9. The zero-order chi connectivity index (χ0) is 16.8. The Labute approximate surface area is 127 Å². The van der Waals surface area contributed by atoms with Gasteiger partial charge in [-0.3, -0.25) is 4.79 Å². The number of phenolic OH excluding ortho intramolecular Hbond substituents is 1. The first-order valence-electron chi connectivity index (χ1n) is 6.74. The second kappa shape index (κ2) is 7.82. The number of hydrogen-bond donors (Lipinski definition) is 1. The summed E-state index contributed by atoms with van der Waals surface area (Å²) in [6.45, 7) is 0.459. The summed E-state index contributed by atoms with van der Waals surface area (Å²) in [6, 6.07) is 3.15. The lowest BCUT2D eigenvalue weighted by Crippen LogP contribution is -2.16. The SMILES string of the molecule is COc1cc(CCC(=O)OCCC(C)(F)F)cc(OC)c1O. The van der Waals surface area contributed by atoms with Crippen LogP contribution < -0.4 is 9.47 Å². The number of hydrogen-bond acceptors (Lipinski definition) is 5. The zero-order valence-electron chi connectivity index (χ0n) is 12.8. The number of alkyl halides is 2. The summed E-state index contributed by atoms with van der Waals surface area (Å²) in [7, 11) is 2.80. The predicted molar refractivity (Wildman–Crippen MR) is 75.7 cm³/mol. The lowest BCUT2D eigenvalue weighted by molar-refractivity contribution is -0.145. The number of halogens is 2. The number of esters is 1. The summed E-state index contributed by atoms with van der Waals surface area (Å²) in [6.07, 6.45) is -0.152. The number of aromatic hydroxyl groups is 1. The van der Waals surface area contributed by atoms with Gasteiger partial charge in [0.1, 0.15) is 0 Å². The van der Waals surface area contributed by atoms with E-state index in [2.05, 4.69) is 0 Å². The van der Waals surface area contributed by atoms with Crippen molar-refractivity contribution in [1.82, 2.24) is 0 Å². The van der Waals surface area contributed by atoms with Crippen LogP contribution in [-0.2, 0) is 16.0 Å². The van der Waals surface area contributed by atoms with Gasteiger partial charge >= 0.3 is 5.97 Å². The molecule has 0 fully saturated rings. The van der Waals surface area contributed by atoms with Gasteiger partial charge in [-0.1, -0.05) is 0 Å². The smallest absolute Gasteiger partial charge is 0.306 e. The average molecular weight is 318 g/mol. The average Bonchev–Trinajstić information content (AvgIpc) is 2.44. The topological polar surface area (TPSA) is 65.0 Å². The quantitative estimate of drug-likeness (QED) is 0.747. The van der Waals surface area contributed by atoms with Gasteiger partial charge in [-0.15, -0.1) is 0 Å². The standard InChI is InChI=1S/C15H20F2O5/c1-15(16,17)6-7-22-13(18)5-4-10-8-11(20-2)14(19)12(9-10)21-3/h8-9,19H,4-7H2,1-3H3. The third kappa shape index (κ3) is 5.75. The normalized spacial score (nSPS) is 11.1. The molecule has 1 aromatic carbocycles. The highest BCUT2D eigenvalue weighted by Gasteiger charge is 2.21. The van der Waals surface area contributed by atoms with Gasteiger partial charge in [-0.25, -0.2) is 8.78 Å². The lowest BCUT2D eigenvalue weighted by atomic mass is 10.1. The van der Waals surface area contributed by atoms with E-state index in [-0.39, 0.29) is 30.3 Å². The molecule has 0 aliphatic rings. The Bertz CT molecular complexity index is 486. The maximum absolute atomic E-state index is 12.6. The molecule has 0 heterocycles. The van der Waals surface area contributed by atoms with Crippen LogP contribution in [0.15, 0.2) is 12.1 Å². The minimum atomic E-state index is -2.85. The first-order valence-corrected chi connectivity index (χ1v) is 6.74. The van der Waals surface area contributed by atoms with Gasteiger partial charge in [-0.2, -0.15) is 0 Å². The molecule has 1 rings (SSSR count). The van der Waals surface area contributed by atoms with Crippen molar-refractivity contribution in [2.75, 3.05) is 20.8 Å². The molecule has 124 valence electrons. The molecule has 1 N–H and O–H groups in total. The van der Waals surface area contributed by atoms with Gasteiger partial charge in [0, 0.05) is 12.8 Å². The van der Waals surface area contributed by atoms with E-state index in [4.69, 9.17) is 14.2 Å². The maximum Gasteiger partial charge on any atom is 0.306 e. The van der Waals surface area contributed by atoms with Gasteiger partial charge in [0.2, 0.25) is 11.7 Å². The molecule has 7 heteroatoms. The fourth-order valence-electron chi connectivity index (χ4n) is 1.75. The third-order valence-electron chi connectivity index (χ3n) is 2.96. The van der Waals surface area contributed by atoms with E-state index in [1.165, 1.54) is 14.2 Å². The monoisotopic (exact) mass is 318 g/mol. The van der Waals surface area contributed by atoms with Crippen LogP contribution in [0.4, 0.5) is 8.78 Å². The number of carbonyl (C=O) groups excluding carboxylic acids is 1. The van der Waals surface area contributed by atoms with Crippen molar-refractivity contribution in [2.45, 2.75) is 32.1 Å². The summed E-state index contributed by atoms with van der Waals surface area (Å²) in [5.74, 6) is -3.07. The molecule has 1 aromatic rings. The number of aryl methyl sites for hydroxylation is 1. The second-order valence-electron chi connectivity index (χ2n) is 4.89. The van der Waals surface area contributed by atoms with E-state index in [0.717, 1.165) is 6.92 Å². The summed E-state index contributed by atoms with van der Waals surface area (Å²) in [5.41, 5.74) is 0.698. The Morgan fingerprint density at radius 1 is 1.23 bits per heavy atom. The van der Waals surface area contributed by atoms with E-state index in [1.807, 2.05) is 0 Å². The molecular weight excluding hydrogens is 298 g/mol. The van der Waals surface area contributed by atoms with Gasteiger partial charge in [0.25, 0.3) is 0 Å². The number of benzene rings is 1. The van der Waals surface area contributed by atoms with E-state index in [1.54, 1.807) is 12.1 Å². The molecular formula is C15H20F2O5. The Morgan fingerprint density at radius 2 is 1.77 bits per heavy atom. The first-order chi connectivity index (χ1) is 10.3. The first kappa shape index (κ1) is 18.0. The number of ether oxygens (including phenoxy) is 3. The largest absolute Gasteiger partial charge is 0.502 e.